The van der Waals surface area contributed by atoms with Crippen molar-refractivity contribution in [2.24, 2.45) is 5.92 Å². The first-order chi connectivity index (χ1) is 9.49. The molecule has 6 nitrogen and oxygen atoms in total. The van der Waals surface area contributed by atoms with Gasteiger partial charge in [0, 0.05) is 24.8 Å². The van der Waals surface area contributed by atoms with E-state index in [2.05, 4.69) is 6.92 Å². The summed E-state index contributed by atoms with van der Waals surface area (Å²) in [6.07, 6.45) is 2.95. The van der Waals surface area contributed by atoms with Crippen molar-refractivity contribution in [3.63, 3.8) is 0 Å². The first-order valence-corrected chi connectivity index (χ1v) is 6.82. The fourth-order valence-corrected chi connectivity index (χ4v) is 2.52. The number of rotatable bonds is 2. The number of nitrogens with two attached hydrogens (primary N) is 1. The molecule has 1 saturated heterocycles. The summed E-state index contributed by atoms with van der Waals surface area (Å²) in [6, 6.07) is 4.14. The second-order valence-electron chi connectivity index (χ2n) is 5.36. The van der Waals surface area contributed by atoms with Gasteiger partial charge in [-0.3, -0.25) is 14.9 Å². The van der Waals surface area contributed by atoms with Crippen LogP contribution in [-0.2, 0) is 0 Å². The Hall–Kier alpha value is -2.11. The standard InChI is InChI=1S/C14H19N3O3/c1-10-3-2-7-16(8-6-10)14(18)12-9-11(15)4-5-13(12)17(19)20/h4-5,9-10H,2-3,6-8,15H2,1H3. The summed E-state index contributed by atoms with van der Waals surface area (Å²) in [5, 5.41) is 11.0. The van der Waals surface area contributed by atoms with Gasteiger partial charge >= 0.3 is 0 Å². The predicted molar refractivity (Wildman–Crippen MR) is 76.4 cm³/mol. The van der Waals surface area contributed by atoms with E-state index in [4.69, 9.17) is 5.73 Å². The number of likely N-dealkylation sites (tertiary alicyclic amines) is 1. The van der Waals surface area contributed by atoms with E-state index in [-0.39, 0.29) is 17.2 Å². The highest BCUT2D eigenvalue weighted by Crippen LogP contribution is 2.25. The molecule has 1 aromatic rings. The minimum Gasteiger partial charge on any atom is -0.399 e. The van der Waals surface area contributed by atoms with E-state index >= 15 is 0 Å². The number of hydrogen-bond donors (Lipinski definition) is 1. The van der Waals surface area contributed by atoms with Gasteiger partial charge < -0.3 is 10.6 Å². The van der Waals surface area contributed by atoms with Gasteiger partial charge in [0.25, 0.3) is 11.6 Å². The van der Waals surface area contributed by atoms with Crippen LogP contribution >= 0.6 is 0 Å². The molecule has 1 aliphatic heterocycles. The van der Waals surface area contributed by atoms with Gasteiger partial charge in [-0.25, -0.2) is 0 Å². The zero-order valence-electron chi connectivity index (χ0n) is 11.5. The fraction of sp³-hybridized carbons (Fsp3) is 0.500. The molecule has 108 valence electrons. The predicted octanol–water partition coefficient (Wildman–Crippen LogP) is 2.44. The van der Waals surface area contributed by atoms with Crippen LogP contribution in [0.15, 0.2) is 18.2 Å². The van der Waals surface area contributed by atoms with Crippen LogP contribution in [0, 0.1) is 16.0 Å². The Morgan fingerprint density at radius 2 is 2.15 bits per heavy atom. The van der Waals surface area contributed by atoms with E-state index < -0.39 is 4.92 Å². The van der Waals surface area contributed by atoms with E-state index in [1.807, 2.05) is 0 Å². The normalized spacial score (nSPS) is 19.4. The summed E-state index contributed by atoms with van der Waals surface area (Å²) in [5.41, 5.74) is 5.93. The van der Waals surface area contributed by atoms with Crippen molar-refractivity contribution < 1.29 is 9.72 Å². The van der Waals surface area contributed by atoms with Crippen LogP contribution in [-0.4, -0.2) is 28.8 Å². The van der Waals surface area contributed by atoms with E-state index in [1.54, 1.807) is 4.90 Å². The maximum atomic E-state index is 12.5. The third-order valence-electron chi connectivity index (χ3n) is 3.75. The van der Waals surface area contributed by atoms with Crippen molar-refractivity contribution in [1.82, 2.24) is 4.90 Å². The summed E-state index contributed by atoms with van der Waals surface area (Å²) in [5.74, 6) is 0.293. The van der Waals surface area contributed by atoms with Gasteiger partial charge in [0.2, 0.25) is 0 Å². The molecule has 2 N–H and O–H groups in total. The lowest BCUT2D eigenvalue weighted by Crippen LogP contribution is -2.32. The minimum absolute atomic E-state index is 0.0875. The number of carbonyl (C=O) groups is 1. The van der Waals surface area contributed by atoms with Crippen molar-refractivity contribution in [1.29, 1.82) is 0 Å². The molecule has 0 aromatic heterocycles. The second-order valence-corrected chi connectivity index (χ2v) is 5.36. The lowest BCUT2D eigenvalue weighted by molar-refractivity contribution is -0.385. The number of nitro groups is 1. The highest BCUT2D eigenvalue weighted by molar-refractivity contribution is 5.99. The number of nitrogens with zero attached hydrogens (tertiary/aromatic N) is 2. The number of anilines is 1. The number of nitrogen functional groups attached to an aromatic ring is 1. The Labute approximate surface area is 117 Å². The molecule has 0 spiro atoms. The van der Waals surface area contributed by atoms with Crippen molar-refractivity contribution in [2.45, 2.75) is 26.2 Å². The van der Waals surface area contributed by atoms with Gasteiger partial charge in [0.1, 0.15) is 5.56 Å². The number of benzene rings is 1. The van der Waals surface area contributed by atoms with Crippen LogP contribution in [0.4, 0.5) is 11.4 Å². The molecular formula is C14H19N3O3. The number of amides is 1. The van der Waals surface area contributed by atoms with E-state index in [0.717, 1.165) is 19.3 Å². The lowest BCUT2D eigenvalue weighted by Gasteiger charge is -2.20. The zero-order chi connectivity index (χ0) is 14.7. The molecule has 1 heterocycles. The van der Waals surface area contributed by atoms with Gasteiger partial charge in [-0.15, -0.1) is 0 Å². The van der Waals surface area contributed by atoms with Gasteiger partial charge in [-0.2, -0.15) is 0 Å². The van der Waals surface area contributed by atoms with Gasteiger partial charge in [-0.05, 0) is 37.3 Å². The summed E-state index contributed by atoms with van der Waals surface area (Å²) < 4.78 is 0. The highest BCUT2D eigenvalue weighted by atomic mass is 16.6. The van der Waals surface area contributed by atoms with Crippen molar-refractivity contribution >= 4 is 17.3 Å². The van der Waals surface area contributed by atoms with Gasteiger partial charge in [0.05, 0.1) is 4.92 Å². The number of carbonyl (C=O) groups excluding carboxylic acids is 1. The average molecular weight is 277 g/mol. The molecule has 0 radical (unpaired) electrons. The van der Waals surface area contributed by atoms with Crippen LogP contribution in [0.3, 0.4) is 0 Å². The molecule has 0 bridgehead atoms. The SMILES string of the molecule is CC1CCCN(C(=O)c2cc(N)ccc2[N+](=O)[O-])CC1. The minimum atomic E-state index is -0.535. The maximum absolute atomic E-state index is 12.5. The molecule has 1 amide bonds. The molecule has 0 aliphatic carbocycles. The zero-order valence-corrected chi connectivity index (χ0v) is 11.5. The van der Waals surface area contributed by atoms with Crippen molar-refractivity contribution in [3.8, 4) is 0 Å². The molecule has 1 unspecified atom stereocenters. The smallest absolute Gasteiger partial charge is 0.282 e. The van der Waals surface area contributed by atoms with Crippen LogP contribution in [0.1, 0.15) is 36.5 Å². The summed E-state index contributed by atoms with van der Waals surface area (Å²) in [4.78, 5) is 24.7. The third-order valence-corrected chi connectivity index (χ3v) is 3.75. The maximum Gasteiger partial charge on any atom is 0.282 e. The van der Waals surface area contributed by atoms with Gasteiger partial charge in [0.15, 0.2) is 0 Å². The van der Waals surface area contributed by atoms with Crippen LogP contribution < -0.4 is 5.73 Å². The van der Waals surface area contributed by atoms with E-state index in [1.165, 1.54) is 18.2 Å². The summed E-state index contributed by atoms with van der Waals surface area (Å²) >= 11 is 0. The van der Waals surface area contributed by atoms with Crippen LogP contribution in [0.25, 0.3) is 0 Å². The molecule has 1 fully saturated rings. The highest BCUT2D eigenvalue weighted by Gasteiger charge is 2.26. The van der Waals surface area contributed by atoms with E-state index in [0.29, 0.717) is 24.7 Å². The number of nitro benzene ring substituents is 1. The third kappa shape index (κ3) is 3.07. The Bertz CT molecular complexity index is 530. The quantitative estimate of drug-likeness (QED) is 0.510. The first-order valence-electron chi connectivity index (χ1n) is 6.82. The summed E-state index contributed by atoms with van der Waals surface area (Å²) in [6.45, 7) is 3.46. The number of hydrogen-bond acceptors (Lipinski definition) is 4. The molecule has 1 aliphatic rings. The molecule has 0 saturated carbocycles. The molecule has 6 heteroatoms. The summed E-state index contributed by atoms with van der Waals surface area (Å²) in [7, 11) is 0. The van der Waals surface area contributed by atoms with Crippen LogP contribution in [0.2, 0.25) is 0 Å². The lowest BCUT2D eigenvalue weighted by atomic mass is 10.0. The Morgan fingerprint density at radius 3 is 2.85 bits per heavy atom. The molecule has 1 atom stereocenters. The van der Waals surface area contributed by atoms with Gasteiger partial charge in [-0.1, -0.05) is 6.92 Å². The van der Waals surface area contributed by atoms with Crippen molar-refractivity contribution in [2.75, 3.05) is 18.8 Å². The average Bonchev–Trinajstić information content (AvgIpc) is 2.62. The molecule has 20 heavy (non-hydrogen) atoms. The van der Waals surface area contributed by atoms with E-state index in [9.17, 15) is 14.9 Å². The van der Waals surface area contributed by atoms with Crippen LogP contribution in [0.5, 0.6) is 0 Å². The Kier molecular flexibility index (Phi) is 4.22. The topological polar surface area (TPSA) is 89.5 Å². The molecule has 1 aromatic carbocycles. The first kappa shape index (κ1) is 14.3. The molecule has 2 rings (SSSR count). The van der Waals surface area contributed by atoms with Crippen molar-refractivity contribution in [3.05, 3.63) is 33.9 Å². The second kappa shape index (κ2) is 5.90. The monoisotopic (exact) mass is 277 g/mol. The largest absolute Gasteiger partial charge is 0.399 e. The molecular weight excluding hydrogens is 258 g/mol. The Morgan fingerprint density at radius 1 is 1.40 bits per heavy atom. The Balaban J connectivity index is 2.28. The fourth-order valence-electron chi connectivity index (χ4n) is 2.52.